The van der Waals surface area contributed by atoms with E-state index >= 15 is 0 Å². The number of hydrogen-bond donors (Lipinski definition) is 1. The molecule has 26 heavy (non-hydrogen) atoms. The Labute approximate surface area is 159 Å². The number of rotatable bonds is 12. The average molecular weight is 371 g/mol. The molecule has 0 aliphatic rings. The number of carboxylic acid groups (broad SMARTS) is 1. The second kappa shape index (κ2) is 16.8. The van der Waals surface area contributed by atoms with Crippen molar-refractivity contribution in [1.82, 2.24) is 9.80 Å². The predicted octanol–water partition coefficient (Wildman–Crippen LogP) is 3.20. The van der Waals surface area contributed by atoms with E-state index in [1.54, 1.807) is 19.9 Å². The van der Waals surface area contributed by atoms with E-state index in [2.05, 4.69) is 44.1 Å². The molecule has 0 aromatic heterocycles. The Morgan fingerprint density at radius 1 is 0.962 bits per heavy atom. The Morgan fingerprint density at radius 3 is 1.81 bits per heavy atom. The molecular formula is C20H38N2O4. The molecule has 0 atom stereocenters. The van der Waals surface area contributed by atoms with Crippen LogP contribution in [0.5, 0.6) is 0 Å². The van der Waals surface area contributed by atoms with Gasteiger partial charge in [0.2, 0.25) is 0 Å². The molecule has 152 valence electrons. The Kier molecular flexibility index (Phi) is 17.2. The average Bonchev–Trinajstić information content (AvgIpc) is 2.62. The fraction of sp³-hybridized carbons (Fsp3) is 0.700. The number of esters is 1. The minimum Gasteiger partial charge on any atom is -0.478 e. The van der Waals surface area contributed by atoms with Crippen LogP contribution >= 0.6 is 0 Å². The quantitative estimate of drug-likeness (QED) is 0.420. The lowest BCUT2D eigenvalue weighted by atomic mass is 10.2. The summed E-state index contributed by atoms with van der Waals surface area (Å²) in [5, 5.41) is 8.58. The molecule has 0 aliphatic heterocycles. The molecule has 0 aliphatic carbocycles. The van der Waals surface area contributed by atoms with Crippen LogP contribution in [0.2, 0.25) is 0 Å². The summed E-state index contributed by atoms with van der Waals surface area (Å²) < 4.78 is 4.96. The minimum atomic E-state index is -0.820. The third-order valence-electron chi connectivity index (χ3n) is 4.01. The molecule has 0 heterocycles. The summed E-state index contributed by atoms with van der Waals surface area (Å²) in [5.41, 5.74) is 0.895. The second-order valence-electron chi connectivity index (χ2n) is 5.95. The fourth-order valence-corrected chi connectivity index (χ4v) is 2.02. The van der Waals surface area contributed by atoms with Crippen LogP contribution in [0.25, 0.3) is 0 Å². The van der Waals surface area contributed by atoms with Gasteiger partial charge < -0.3 is 19.6 Å². The van der Waals surface area contributed by atoms with E-state index in [9.17, 15) is 9.59 Å². The molecule has 0 unspecified atom stereocenters. The van der Waals surface area contributed by atoms with Crippen molar-refractivity contribution < 1.29 is 19.4 Å². The highest BCUT2D eigenvalue weighted by Gasteiger charge is 2.04. The molecule has 0 spiro atoms. The van der Waals surface area contributed by atoms with Gasteiger partial charge in [0.25, 0.3) is 0 Å². The van der Waals surface area contributed by atoms with Gasteiger partial charge in [-0.1, -0.05) is 40.3 Å². The maximum absolute atomic E-state index is 11.0. The van der Waals surface area contributed by atoms with Gasteiger partial charge in [0.05, 0.1) is 0 Å². The van der Waals surface area contributed by atoms with Crippen molar-refractivity contribution in [3.63, 3.8) is 0 Å². The number of carbonyl (C=O) groups excluding carboxylic acids is 1. The number of carbonyl (C=O) groups is 2. The Bertz CT molecular complexity index is 439. The van der Waals surface area contributed by atoms with E-state index < -0.39 is 5.97 Å². The number of aliphatic carboxylic acids is 1. The number of carboxylic acids is 1. The number of ether oxygens (including phenoxy) is 1. The summed E-state index contributed by atoms with van der Waals surface area (Å²) in [7, 11) is 0. The smallest absolute Gasteiger partial charge is 0.333 e. The zero-order valence-electron chi connectivity index (χ0n) is 17.5. The first-order chi connectivity index (χ1) is 12.2. The van der Waals surface area contributed by atoms with Crippen molar-refractivity contribution in [3.05, 3.63) is 23.8 Å². The molecule has 0 bridgehead atoms. The monoisotopic (exact) mass is 370 g/mol. The molecule has 6 nitrogen and oxygen atoms in total. The summed E-state index contributed by atoms with van der Waals surface area (Å²) in [5.74, 6) is -1.12. The Morgan fingerprint density at radius 2 is 1.42 bits per heavy atom. The molecule has 0 fully saturated rings. The summed E-state index contributed by atoms with van der Waals surface area (Å²) in [4.78, 5) is 25.9. The van der Waals surface area contributed by atoms with Crippen molar-refractivity contribution >= 4 is 11.9 Å². The van der Waals surface area contributed by atoms with E-state index in [4.69, 9.17) is 9.84 Å². The lowest BCUT2D eigenvalue weighted by molar-refractivity contribution is -0.139. The van der Waals surface area contributed by atoms with Crippen molar-refractivity contribution in [1.29, 1.82) is 0 Å². The molecule has 0 rings (SSSR count). The van der Waals surface area contributed by atoms with Gasteiger partial charge in [-0.25, -0.2) is 9.59 Å². The van der Waals surface area contributed by atoms with Gasteiger partial charge in [0, 0.05) is 24.2 Å². The number of hydrogen-bond acceptors (Lipinski definition) is 5. The summed E-state index contributed by atoms with van der Waals surface area (Å²) in [6, 6.07) is 0. The van der Waals surface area contributed by atoms with E-state index in [1.807, 2.05) is 0 Å². The van der Waals surface area contributed by atoms with Gasteiger partial charge >= 0.3 is 11.9 Å². The lowest BCUT2D eigenvalue weighted by Gasteiger charge is -2.17. The third-order valence-corrected chi connectivity index (χ3v) is 4.01. The maximum Gasteiger partial charge on any atom is 0.333 e. The SMILES string of the molecule is C=C(C)C(=O)OCCN(CC)CC.CCN(CC)CCC=C(C)C(=O)O. The number of nitrogens with zero attached hydrogens (tertiary/aromatic N) is 2. The van der Waals surface area contributed by atoms with E-state index in [0.717, 1.165) is 45.7 Å². The van der Waals surface area contributed by atoms with Crippen LogP contribution in [0.3, 0.4) is 0 Å². The van der Waals surface area contributed by atoms with Crippen LogP contribution in [-0.2, 0) is 14.3 Å². The van der Waals surface area contributed by atoms with Crippen molar-refractivity contribution in [2.24, 2.45) is 0 Å². The fourth-order valence-electron chi connectivity index (χ4n) is 2.02. The highest BCUT2D eigenvalue weighted by molar-refractivity contribution is 5.87. The van der Waals surface area contributed by atoms with E-state index in [-0.39, 0.29) is 5.97 Å². The Balaban J connectivity index is 0. The number of likely N-dealkylation sites (N-methyl/N-ethyl adjacent to an activating group) is 1. The molecule has 0 saturated carbocycles. The second-order valence-corrected chi connectivity index (χ2v) is 5.95. The molecule has 6 heteroatoms. The molecular weight excluding hydrogens is 332 g/mol. The lowest BCUT2D eigenvalue weighted by Crippen LogP contribution is -2.27. The first kappa shape index (κ1) is 26.6. The van der Waals surface area contributed by atoms with Gasteiger partial charge in [-0.05, 0) is 46.4 Å². The van der Waals surface area contributed by atoms with Crippen LogP contribution in [0.4, 0.5) is 0 Å². The van der Waals surface area contributed by atoms with Gasteiger partial charge in [0.1, 0.15) is 6.61 Å². The summed E-state index contributed by atoms with van der Waals surface area (Å²) in [6.45, 7) is 21.4. The first-order valence-corrected chi connectivity index (χ1v) is 9.40. The molecule has 1 N–H and O–H groups in total. The standard InChI is InChI=1S/2C10H19NO2/c1-5-11(6-2)7-8-13-10(12)9(3)4;1-4-11(5-2)8-6-7-9(3)10(12)13/h3,5-8H2,1-2,4H3;7H,4-6,8H2,1-3H3,(H,12,13). The van der Waals surface area contributed by atoms with Crippen LogP contribution in [0, 0.1) is 0 Å². The van der Waals surface area contributed by atoms with Crippen molar-refractivity contribution in [2.75, 3.05) is 45.9 Å². The molecule has 0 aromatic rings. The van der Waals surface area contributed by atoms with Crippen LogP contribution in [0.15, 0.2) is 23.8 Å². The van der Waals surface area contributed by atoms with Gasteiger partial charge in [-0.2, -0.15) is 0 Å². The molecule has 0 aromatic carbocycles. The van der Waals surface area contributed by atoms with E-state index in [0.29, 0.717) is 17.8 Å². The topological polar surface area (TPSA) is 70.1 Å². The minimum absolute atomic E-state index is 0.299. The Hall–Kier alpha value is -1.66. The molecule has 0 radical (unpaired) electrons. The molecule has 0 saturated heterocycles. The van der Waals surface area contributed by atoms with Crippen molar-refractivity contribution in [3.8, 4) is 0 Å². The zero-order valence-corrected chi connectivity index (χ0v) is 17.5. The molecule has 0 amide bonds. The third kappa shape index (κ3) is 14.7. The largest absolute Gasteiger partial charge is 0.478 e. The summed E-state index contributed by atoms with van der Waals surface area (Å²) in [6.07, 6.45) is 2.60. The maximum atomic E-state index is 11.0. The first-order valence-electron chi connectivity index (χ1n) is 9.40. The van der Waals surface area contributed by atoms with Gasteiger partial charge in [-0.3, -0.25) is 0 Å². The van der Waals surface area contributed by atoms with Crippen LogP contribution in [-0.4, -0.2) is 72.7 Å². The highest BCUT2D eigenvalue weighted by Crippen LogP contribution is 1.97. The van der Waals surface area contributed by atoms with E-state index in [1.165, 1.54) is 0 Å². The highest BCUT2D eigenvalue weighted by atomic mass is 16.5. The summed E-state index contributed by atoms with van der Waals surface area (Å²) >= 11 is 0. The predicted molar refractivity (Wildman–Crippen MR) is 107 cm³/mol. The van der Waals surface area contributed by atoms with Crippen LogP contribution in [0.1, 0.15) is 48.0 Å². The normalized spacial score (nSPS) is 11.2. The zero-order chi connectivity index (χ0) is 20.5. The van der Waals surface area contributed by atoms with Gasteiger partial charge in [-0.15, -0.1) is 0 Å². The van der Waals surface area contributed by atoms with Crippen LogP contribution < -0.4 is 0 Å². The van der Waals surface area contributed by atoms with Crippen molar-refractivity contribution in [2.45, 2.75) is 48.0 Å². The van der Waals surface area contributed by atoms with Gasteiger partial charge in [0.15, 0.2) is 0 Å².